The molecule has 0 saturated carbocycles. The third-order valence-electron chi connectivity index (χ3n) is 4.26. The van der Waals surface area contributed by atoms with E-state index in [1.165, 1.54) is 6.26 Å². The second-order valence-corrected chi connectivity index (χ2v) is 8.15. The quantitative estimate of drug-likeness (QED) is 0.762. The summed E-state index contributed by atoms with van der Waals surface area (Å²) in [6, 6.07) is 10.8. The van der Waals surface area contributed by atoms with Crippen LogP contribution in [-0.4, -0.2) is 19.7 Å². The van der Waals surface area contributed by atoms with Crippen molar-refractivity contribution < 1.29 is 8.42 Å². The van der Waals surface area contributed by atoms with Crippen molar-refractivity contribution in [3.05, 3.63) is 53.7 Å². The molecular weight excluding hydrogens is 336 g/mol. The van der Waals surface area contributed by atoms with Crippen LogP contribution in [0.25, 0.3) is 10.9 Å². The van der Waals surface area contributed by atoms with E-state index in [9.17, 15) is 8.42 Å². The largest absolute Gasteiger partial charge is 0.355 e. The summed E-state index contributed by atoms with van der Waals surface area (Å²) in [6.45, 7) is 2.64. The highest BCUT2D eigenvalue weighted by Gasteiger charge is 2.14. The fourth-order valence-corrected chi connectivity index (χ4v) is 3.56. The van der Waals surface area contributed by atoms with E-state index in [-0.39, 0.29) is 4.90 Å². The van der Waals surface area contributed by atoms with Gasteiger partial charge in [0.25, 0.3) is 0 Å². The van der Waals surface area contributed by atoms with Gasteiger partial charge in [0.15, 0.2) is 9.84 Å². The second-order valence-electron chi connectivity index (χ2n) is 6.13. The van der Waals surface area contributed by atoms with Gasteiger partial charge in [-0.25, -0.2) is 8.42 Å². The molecular formula is C18H16N4O2S. The number of anilines is 2. The normalized spacial score (nSPS) is 13.2. The van der Waals surface area contributed by atoms with Crippen molar-refractivity contribution in [1.82, 2.24) is 4.98 Å². The van der Waals surface area contributed by atoms with Crippen molar-refractivity contribution >= 4 is 37.8 Å². The zero-order valence-electron chi connectivity index (χ0n) is 13.8. The lowest BCUT2D eigenvalue weighted by Gasteiger charge is -2.13. The number of nitrogens with zero attached hydrogens (tertiary/aromatic N) is 3. The van der Waals surface area contributed by atoms with E-state index >= 15 is 0 Å². The predicted octanol–water partition coefficient (Wildman–Crippen LogP) is 4.29. The lowest BCUT2D eigenvalue weighted by atomic mass is 10.1. The molecule has 0 fully saturated rings. The number of hydrogen-bond acceptors (Lipinski definition) is 6. The molecule has 0 unspecified atom stereocenters. The van der Waals surface area contributed by atoms with Gasteiger partial charge in [-0.1, -0.05) is 0 Å². The van der Waals surface area contributed by atoms with Gasteiger partial charge in [-0.15, -0.1) is 0 Å². The summed E-state index contributed by atoms with van der Waals surface area (Å²) in [4.78, 5) is 4.59. The molecule has 2 heterocycles. The van der Waals surface area contributed by atoms with Gasteiger partial charge in [0.2, 0.25) is 0 Å². The fraction of sp³-hybridized carbons (Fsp3) is 0.167. The van der Waals surface area contributed by atoms with Gasteiger partial charge in [-0.2, -0.15) is 10.2 Å². The molecule has 25 heavy (non-hydrogen) atoms. The predicted molar refractivity (Wildman–Crippen MR) is 97.5 cm³/mol. The van der Waals surface area contributed by atoms with Crippen LogP contribution in [0.1, 0.15) is 11.1 Å². The van der Waals surface area contributed by atoms with Crippen LogP contribution >= 0.6 is 0 Å². The molecule has 1 aliphatic heterocycles. The maximum absolute atomic E-state index is 11.9. The smallest absolute Gasteiger partial charge is 0.175 e. The molecule has 2 aromatic carbocycles. The Morgan fingerprint density at radius 2 is 1.92 bits per heavy atom. The Kier molecular flexibility index (Phi) is 3.54. The Morgan fingerprint density at radius 3 is 2.72 bits per heavy atom. The van der Waals surface area contributed by atoms with Gasteiger partial charge < -0.3 is 5.32 Å². The number of pyridine rings is 1. The maximum atomic E-state index is 11.9. The van der Waals surface area contributed by atoms with Crippen molar-refractivity contribution in [2.45, 2.75) is 18.4 Å². The molecule has 0 amide bonds. The minimum absolute atomic E-state index is 0.274. The summed E-state index contributed by atoms with van der Waals surface area (Å²) in [6.07, 6.45) is 2.90. The van der Waals surface area contributed by atoms with Crippen molar-refractivity contribution in [3.8, 4) is 0 Å². The van der Waals surface area contributed by atoms with E-state index in [1.54, 1.807) is 24.4 Å². The highest BCUT2D eigenvalue weighted by atomic mass is 32.2. The summed E-state index contributed by atoms with van der Waals surface area (Å²) in [5.41, 5.74) is 5.50. The first-order chi connectivity index (χ1) is 11.9. The molecule has 126 valence electrons. The van der Waals surface area contributed by atoms with E-state index in [1.807, 2.05) is 19.1 Å². The molecule has 3 aromatic rings. The summed E-state index contributed by atoms with van der Waals surface area (Å²) < 4.78 is 23.7. The molecule has 0 atom stereocenters. The van der Waals surface area contributed by atoms with Crippen molar-refractivity contribution in [2.24, 2.45) is 10.2 Å². The number of benzene rings is 2. The van der Waals surface area contributed by atoms with E-state index in [0.29, 0.717) is 6.54 Å². The molecule has 6 nitrogen and oxygen atoms in total. The topological polar surface area (TPSA) is 83.8 Å². The van der Waals surface area contributed by atoms with E-state index in [0.717, 1.165) is 39.1 Å². The first-order valence-electron chi connectivity index (χ1n) is 7.79. The Hall–Kier alpha value is -2.80. The fourth-order valence-electron chi connectivity index (χ4n) is 2.91. The Morgan fingerprint density at radius 1 is 1.08 bits per heavy atom. The van der Waals surface area contributed by atoms with E-state index in [2.05, 4.69) is 26.6 Å². The molecule has 1 aliphatic rings. The average Bonchev–Trinajstić information content (AvgIpc) is 3.01. The highest BCUT2D eigenvalue weighted by molar-refractivity contribution is 7.90. The van der Waals surface area contributed by atoms with Crippen LogP contribution in [0.3, 0.4) is 0 Å². The van der Waals surface area contributed by atoms with Crippen LogP contribution in [0.2, 0.25) is 0 Å². The van der Waals surface area contributed by atoms with Crippen LogP contribution in [0.5, 0.6) is 0 Å². The Bertz CT molecular complexity index is 1140. The van der Waals surface area contributed by atoms with Gasteiger partial charge >= 0.3 is 0 Å². The van der Waals surface area contributed by atoms with Crippen molar-refractivity contribution in [3.63, 3.8) is 0 Å². The standard InChI is InChI=1S/C18H16N4O2S/c1-11-7-12-10-20-22-18(12)9-17(11)21-16-5-6-19-15-4-3-13(8-14(15)16)25(2,23)24/h3-9H,10H2,1-2H3,(H,19,21). The second kappa shape index (κ2) is 5.63. The van der Waals surface area contributed by atoms with Crippen molar-refractivity contribution in [1.29, 1.82) is 0 Å². The lowest BCUT2D eigenvalue weighted by molar-refractivity contribution is 0.602. The van der Waals surface area contributed by atoms with Crippen LogP contribution in [0, 0.1) is 6.92 Å². The summed E-state index contributed by atoms with van der Waals surface area (Å²) in [5, 5.41) is 12.3. The average molecular weight is 352 g/mol. The van der Waals surface area contributed by atoms with Crippen LogP contribution in [0.15, 0.2) is 57.7 Å². The van der Waals surface area contributed by atoms with Crippen LogP contribution in [0.4, 0.5) is 17.1 Å². The molecule has 4 rings (SSSR count). The molecule has 0 aliphatic carbocycles. The first kappa shape index (κ1) is 15.7. The number of aromatic nitrogens is 1. The SMILES string of the molecule is Cc1cc2c(cc1Nc1ccnc3ccc(S(C)(=O)=O)cc13)N=NC2. The number of nitrogens with one attached hydrogen (secondary N) is 1. The number of hydrogen-bond donors (Lipinski definition) is 1. The molecule has 0 spiro atoms. The molecule has 1 aromatic heterocycles. The summed E-state index contributed by atoms with van der Waals surface area (Å²) in [7, 11) is -3.28. The van der Waals surface area contributed by atoms with Gasteiger partial charge in [0.05, 0.1) is 22.6 Å². The summed E-state index contributed by atoms with van der Waals surface area (Å²) >= 11 is 0. The highest BCUT2D eigenvalue weighted by Crippen LogP contribution is 2.35. The number of aryl methyl sites for hydroxylation is 1. The third-order valence-corrected chi connectivity index (χ3v) is 5.37. The molecule has 0 saturated heterocycles. The minimum atomic E-state index is -3.28. The molecule has 1 N–H and O–H groups in total. The zero-order chi connectivity index (χ0) is 17.6. The molecule has 0 radical (unpaired) electrons. The van der Waals surface area contributed by atoms with Gasteiger partial charge in [-0.3, -0.25) is 4.98 Å². The van der Waals surface area contributed by atoms with E-state index < -0.39 is 9.84 Å². The molecule has 0 bridgehead atoms. The minimum Gasteiger partial charge on any atom is -0.355 e. The van der Waals surface area contributed by atoms with Crippen LogP contribution in [-0.2, 0) is 16.4 Å². The van der Waals surface area contributed by atoms with Crippen LogP contribution < -0.4 is 5.32 Å². The van der Waals surface area contributed by atoms with Gasteiger partial charge in [0, 0.05) is 34.8 Å². The lowest BCUT2D eigenvalue weighted by Crippen LogP contribution is -1.99. The number of rotatable bonds is 3. The monoisotopic (exact) mass is 352 g/mol. The van der Waals surface area contributed by atoms with E-state index in [4.69, 9.17) is 0 Å². The number of sulfone groups is 1. The Labute approximate surface area is 145 Å². The van der Waals surface area contributed by atoms with Gasteiger partial charge in [0.1, 0.15) is 0 Å². The maximum Gasteiger partial charge on any atom is 0.175 e. The number of azo groups is 1. The summed E-state index contributed by atoms with van der Waals surface area (Å²) in [5.74, 6) is 0. The van der Waals surface area contributed by atoms with Gasteiger partial charge in [-0.05, 0) is 48.9 Å². The number of fused-ring (bicyclic) bond motifs is 2. The van der Waals surface area contributed by atoms with Crippen molar-refractivity contribution in [2.75, 3.05) is 11.6 Å². The third kappa shape index (κ3) is 2.87. The molecule has 7 heteroatoms. The first-order valence-corrected chi connectivity index (χ1v) is 9.68. The Balaban J connectivity index is 1.83. The zero-order valence-corrected chi connectivity index (χ0v) is 14.6.